The molecule has 0 aliphatic heterocycles. The van der Waals surface area contributed by atoms with Crippen LogP contribution in [-0.4, -0.2) is 32.4 Å². The molecule has 0 saturated carbocycles. The van der Waals surface area contributed by atoms with E-state index in [-0.39, 0.29) is 5.69 Å². The summed E-state index contributed by atoms with van der Waals surface area (Å²) in [6.07, 6.45) is 3.56. The average molecular weight is 238 g/mol. The molecule has 2 heterocycles. The molecule has 0 amide bonds. The van der Waals surface area contributed by atoms with Gasteiger partial charge in [-0.25, -0.2) is 9.78 Å². The summed E-state index contributed by atoms with van der Waals surface area (Å²) in [5.41, 5.74) is 1.59. The van der Waals surface area contributed by atoms with Crippen LogP contribution in [0.3, 0.4) is 0 Å². The van der Waals surface area contributed by atoms with Crippen LogP contribution in [0.4, 0.5) is 5.00 Å². The molecule has 0 saturated heterocycles. The fourth-order valence-electron chi connectivity index (χ4n) is 1.24. The predicted octanol–water partition coefficient (Wildman–Crippen LogP) is 1.15. The highest BCUT2D eigenvalue weighted by Crippen LogP contribution is 2.19. The van der Waals surface area contributed by atoms with Crippen molar-refractivity contribution in [3.05, 3.63) is 29.7 Å². The van der Waals surface area contributed by atoms with Crippen LogP contribution in [0.2, 0.25) is 0 Å². The van der Waals surface area contributed by atoms with Gasteiger partial charge in [-0.15, -0.1) is 11.3 Å². The summed E-state index contributed by atoms with van der Waals surface area (Å²) in [5, 5.41) is 16.5. The molecule has 7 heteroatoms. The molecule has 0 aliphatic carbocycles. The third kappa shape index (κ3) is 2.37. The molecule has 0 fully saturated rings. The summed E-state index contributed by atoms with van der Waals surface area (Å²) in [7, 11) is 0. The van der Waals surface area contributed by atoms with Crippen molar-refractivity contribution in [1.82, 2.24) is 14.8 Å². The number of hydrogen-bond donors (Lipinski definition) is 2. The molecule has 0 aromatic carbocycles. The lowest BCUT2D eigenvalue weighted by Crippen LogP contribution is -2.12. The first-order valence-electron chi connectivity index (χ1n) is 4.65. The maximum atomic E-state index is 10.8. The van der Waals surface area contributed by atoms with Crippen LogP contribution >= 0.6 is 11.3 Å². The molecule has 2 aromatic rings. The van der Waals surface area contributed by atoms with Crippen LogP contribution in [0.5, 0.6) is 0 Å². The summed E-state index contributed by atoms with van der Waals surface area (Å²) in [4.78, 5) is 14.5. The molecule has 0 aliphatic rings. The summed E-state index contributed by atoms with van der Waals surface area (Å²) in [5.74, 6) is -1.01. The first-order chi connectivity index (χ1) is 7.77. The molecule has 0 bridgehead atoms. The van der Waals surface area contributed by atoms with Gasteiger partial charge in [-0.05, 0) is 6.07 Å². The molecule has 0 atom stereocenters. The molecule has 2 rings (SSSR count). The van der Waals surface area contributed by atoms with Crippen LogP contribution in [0.15, 0.2) is 24.0 Å². The summed E-state index contributed by atoms with van der Waals surface area (Å²) in [6.45, 7) is 1.30. The van der Waals surface area contributed by atoms with Gasteiger partial charge in [0.05, 0.1) is 12.1 Å². The molecule has 0 spiro atoms. The zero-order valence-electron chi connectivity index (χ0n) is 8.33. The van der Waals surface area contributed by atoms with E-state index in [4.69, 9.17) is 5.11 Å². The smallest absolute Gasteiger partial charge is 0.357 e. The van der Waals surface area contributed by atoms with Crippen molar-refractivity contribution < 1.29 is 9.90 Å². The lowest BCUT2D eigenvalue weighted by molar-refractivity contribution is 0.0692. The van der Waals surface area contributed by atoms with Gasteiger partial charge in [0.25, 0.3) is 0 Å². The molecule has 2 aromatic heterocycles. The Kier molecular flexibility index (Phi) is 3.16. The van der Waals surface area contributed by atoms with Gasteiger partial charge in [0.15, 0.2) is 5.69 Å². The van der Waals surface area contributed by atoms with Gasteiger partial charge >= 0.3 is 5.97 Å². The maximum absolute atomic E-state index is 10.8. The Morgan fingerprint density at radius 1 is 1.62 bits per heavy atom. The van der Waals surface area contributed by atoms with E-state index in [1.54, 1.807) is 10.9 Å². The van der Waals surface area contributed by atoms with Crippen molar-refractivity contribution in [2.75, 3.05) is 11.9 Å². The highest BCUT2D eigenvalue weighted by Gasteiger charge is 2.12. The third-order valence-electron chi connectivity index (χ3n) is 1.96. The zero-order valence-corrected chi connectivity index (χ0v) is 9.15. The van der Waals surface area contributed by atoms with Crippen LogP contribution in [0.1, 0.15) is 10.5 Å². The fourth-order valence-corrected chi connectivity index (χ4v) is 1.94. The van der Waals surface area contributed by atoms with E-state index >= 15 is 0 Å². The molecule has 0 radical (unpaired) electrons. The largest absolute Gasteiger partial charge is 0.476 e. The molecular weight excluding hydrogens is 228 g/mol. The Morgan fingerprint density at radius 3 is 3.19 bits per heavy atom. The third-order valence-corrected chi connectivity index (χ3v) is 2.74. The lowest BCUT2D eigenvalue weighted by atomic mass is 10.4. The number of hydrogen-bond acceptors (Lipinski definition) is 5. The maximum Gasteiger partial charge on any atom is 0.357 e. The SMILES string of the molecule is O=C(O)c1ncsc1NCCn1cccn1. The van der Waals surface area contributed by atoms with Crippen molar-refractivity contribution in [1.29, 1.82) is 0 Å². The number of rotatable bonds is 5. The van der Waals surface area contributed by atoms with Crippen molar-refractivity contribution in [2.45, 2.75) is 6.54 Å². The number of aromatic nitrogens is 3. The number of nitrogens with one attached hydrogen (secondary N) is 1. The van der Waals surface area contributed by atoms with E-state index in [1.165, 1.54) is 16.8 Å². The topological polar surface area (TPSA) is 80.0 Å². The molecule has 16 heavy (non-hydrogen) atoms. The number of anilines is 1. The molecule has 6 nitrogen and oxygen atoms in total. The Morgan fingerprint density at radius 2 is 2.50 bits per heavy atom. The van der Waals surface area contributed by atoms with Crippen LogP contribution in [0.25, 0.3) is 0 Å². The van der Waals surface area contributed by atoms with E-state index in [1.807, 2.05) is 12.3 Å². The van der Waals surface area contributed by atoms with Gasteiger partial charge in [-0.1, -0.05) is 0 Å². The number of carbonyl (C=O) groups is 1. The number of thiazole rings is 1. The van der Waals surface area contributed by atoms with E-state index in [9.17, 15) is 4.79 Å². The van der Waals surface area contributed by atoms with Crippen LogP contribution in [0, 0.1) is 0 Å². The van der Waals surface area contributed by atoms with Gasteiger partial charge < -0.3 is 10.4 Å². The highest BCUT2D eigenvalue weighted by molar-refractivity contribution is 7.14. The van der Waals surface area contributed by atoms with Crippen molar-refractivity contribution in [2.24, 2.45) is 0 Å². The number of nitrogens with zero attached hydrogens (tertiary/aromatic N) is 3. The van der Waals surface area contributed by atoms with Crippen LogP contribution < -0.4 is 5.32 Å². The molecular formula is C9H10N4O2S. The van der Waals surface area contributed by atoms with Crippen molar-refractivity contribution in [3.8, 4) is 0 Å². The standard InChI is InChI=1S/C9H10N4O2S/c14-9(15)7-8(16-6-11-7)10-3-5-13-4-1-2-12-13/h1-2,4,6,10H,3,5H2,(H,14,15). The summed E-state index contributed by atoms with van der Waals surface area (Å²) >= 11 is 1.28. The number of carboxylic acids is 1. The van der Waals surface area contributed by atoms with Crippen molar-refractivity contribution in [3.63, 3.8) is 0 Å². The second-order valence-electron chi connectivity index (χ2n) is 3.03. The predicted molar refractivity (Wildman–Crippen MR) is 59.8 cm³/mol. The minimum atomic E-state index is -1.01. The fraction of sp³-hybridized carbons (Fsp3) is 0.222. The summed E-state index contributed by atoms with van der Waals surface area (Å²) in [6, 6.07) is 1.84. The second kappa shape index (κ2) is 4.75. The monoisotopic (exact) mass is 238 g/mol. The number of carboxylic acid groups (broad SMARTS) is 1. The normalized spacial score (nSPS) is 10.2. The minimum absolute atomic E-state index is 0.0745. The average Bonchev–Trinajstić information content (AvgIpc) is 2.87. The van der Waals surface area contributed by atoms with E-state index < -0.39 is 5.97 Å². The summed E-state index contributed by atoms with van der Waals surface area (Å²) < 4.78 is 1.77. The molecule has 2 N–H and O–H groups in total. The van der Waals surface area contributed by atoms with Gasteiger partial charge in [0.2, 0.25) is 0 Å². The quantitative estimate of drug-likeness (QED) is 0.816. The van der Waals surface area contributed by atoms with E-state index in [0.29, 0.717) is 18.1 Å². The van der Waals surface area contributed by atoms with Gasteiger partial charge in [-0.2, -0.15) is 5.10 Å². The van der Waals surface area contributed by atoms with E-state index in [2.05, 4.69) is 15.4 Å². The minimum Gasteiger partial charge on any atom is -0.476 e. The van der Waals surface area contributed by atoms with Gasteiger partial charge in [0.1, 0.15) is 5.00 Å². The lowest BCUT2D eigenvalue weighted by Gasteiger charge is -2.04. The first kappa shape index (κ1) is 10.6. The van der Waals surface area contributed by atoms with Crippen molar-refractivity contribution >= 4 is 22.3 Å². The van der Waals surface area contributed by atoms with E-state index in [0.717, 1.165) is 0 Å². The second-order valence-corrected chi connectivity index (χ2v) is 3.89. The zero-order chi connectivity index (χ0) is 11.4. The molecule has 0 unspecified atom stereocenters. The van der Waals surface area contributed by atoms with Gasteiger partial charge in [-0.3, -0.25) is 4.68 Å². The van der Waals surface area contributed by atoms with Gasteiger partial charge in [0, 0.05) is 18.9 Å². The van der Waals surface area contributed by atoms with Crippen LogP contribution in [-0.2, 0) is 6.54 Å². The Balaban J connectivity index is 1.90. The Labute approximate surface area is 95.6 Å². The number of aromatic carboxylic acids is 1. The first-order valence-corrected chi connectivity index (χ1v) is 5.53. The Bertz CT molecular complexity index is 466. The Hall–Kier alpha value is -1.89. The highest BCUT2D eigenvalue weighted by atomic mass is 32.1. The molecule has 84 valence electrons.